The van der Waals surface area contributed by atoms with Gasteiger partial charge in [0.2, 0.25) is 10.0 Å². The molecule has 8 heteroatoms. The Labute approximate surface area is 122 Å². The highest BCUT2D eigenvalue weighted by Gasteiger charge is 2.38. The molecule has 0 aliphatic carbocycles. The standard InChI is InChI=1S/C13H17FN2O4S/c1-13(12(17)18)5-2-6-16(8-13)11-4-3-9(7-10(11)14)21(15,19)20/h3-4,7H,2,5-6,8H2,1H3,(H,17,18)(H2,15,19,20). The molecule has 3 N–H and O–H groups in total. The van der Waals surface area contributed by atoms with E-state index < -0.39 is 27.2 Å². The van der Waals surface area contributed by atoms with E-state index in [9.17, 15) is 22.7 Å². The topological polar surface area (TPSA) is 101 Å². The molecule has 0 saturated carbocycles. The summed E-state index contributed by atoms with van der Waals surface area (Å²) in [4.78, 5) is 12.6. The third-order valence-electron chi connectivity index (χ3n) is 3.80. The number of hydrogen-bond donors (Lipinski definition) is 2. The molecule has 21 heavy (non-hydrogen) atoms. The van der Waals surface area contributed by atoms with E-state index in [-0.39, 0.29) is 17.1 Å². The van der Waals surface area contributed by atoms with Crippen LogP contribution in [0.2, 0.25) is 0 Å². The second-order valence-corrected chi connectivity index (χ2v) is 7.11. The van der Waals surface area contributed by atoms with Crippen LogP contribution in [0.15, 0.2) is 23.1 Å². The van der Waals surface area contributed by atoms with E-state index >= 15 is 0 Å². The van der Waals surface area contributed by atoms with Gasteiger partial charge in [-0.3, -0.25) is 4.79 Å². The highest BCUT2D eigenvalue weighted by molar-refractivity contribution is 7.89. The van der Waals surface area contributed by atoms with E-state index in [1.165, 1.54) is 12.1 Å². The summed E-state index contributed by atoms with van der Waals surface area (Å²) in [5.74, 6) is -1.65. The molecule has 0 radical (unpaired) electrons. The van der Waals surface area contributed by atoms with Gasteiger partial charge >= 0.3 is 5.97 Å². The van der Waals surface area contributed by atoms with Gasteiger partial charge in [0.15, 0.2) is 0 Å². The van der Waals surface area contributed by atoms with E-state index in [0.29, 0.717) is 19.4 Å². The van der Waals surface area contributed by atoms with Crippen LogP contribution in [0.5, 0.6) is 0 Å². The van der Waals surface area contributed by atoms with E-state index in [2.05, 4.69) is 0 Å². The number of rotatable bonds is 3. The number of sulfonamides is 1. The minimum Gasteiger partial charge on any atom is -0.481 e. The highest BCUT2D eigenvalue weighted by atomic mass is 32.2. The van der Waals surface area contributed by atoms with Gasteiger partial charge in [0, 0.05) is 13.1 Å². The molecule has 116 valence electrons. The molecule has 1 fully saturated rings. The first kappa shape index (κ1) is 15.7. The third-order valence-corrected chi connectivity index (χ3v) is 4.71. The maximum atomic E-state index is 14.1. The Bertz CT molecular complexity index is 677. The van der Waals surface area contributed by atoms with Crippen LogP contribution in [0.25, 0.3) is 0 Å². The number of carboxylic acids is 1. The van der Waals surface area contributed by atoms with Crippen molar-refractivity contribution < 1.29 is 22.7 Å². The van der Waals surface area contributed by atoms with Crippen LogP contribution in [0.3, 0.4) is 0 Å². The number of nitrogens with zero attached hydrogens (tertiary/aromatic N) is 1. The number of nitrogens with two attached hydrogens (primary N) is 1. The quantitative estimate of drug-likeness (QED) is 0.871. The molecule has 0 bridgehead atoms. The lowest BCUT2D eigenvalue weighted by Crippen LogP contribution is -2.46. The van der Waals surface area contributed by atoms with Crippen molar-refractivity contribution in [2.45, 2.75) is 24.7 Å². The first-order valence-electron chi connectivity index (χ1n) is 6.44. The van der Waals surface area contributed by atoms with Gasteiger partial charge < -0.3 is 10.0 Å². The summed E-state index contributed by atoms with van der Waals surface area (Å²) in [6.07, 6.45) is 1.15. The fourth-order valence-corrected chi connectivity index (χ4v) is 3.07. The molecule has 1 unspecified atom stereocenters. The summed E-state index contributed by atoms with van der Waals surface area (Å²) in [5, 5.41) is 14.2. The van der Waals surface area contributed by atoms with Crippen molar-refractivity contribution in [2.75, 3.05) is 18.0 Å². The van der Waals surface area contributed by atoms with E-state index in [1.54, 1.807) is 11.8 Å². The second-order valence-electron chi connectivity index (χ2n) is 5.55. The van der Waals surface area contributed by atoms with Gasteiger partial charge in [-0.15, -0.1) is 0 Å². The Morgan fingerprint density at radius 2 is 2.14 bits per heavy atom. The zero-order chi connectivity index (χ0) is 15.8. The van der Waals surface area contributed by atoms with E-state index in [1.807, 2.05) is 0 Å². The van der Waals surface area contributed by atoms with Crippen LogP contribution in [-0.2, 0) is 14.8 Å². The Hall–Kier alpha value is -1.67. The number of aliphatic carboxylic acids is 1. The molecule has 1 atom stereocenters. The van der Waals surface area contributed by atoms with Crippen molar-refractivity contribution in [3.8, 4) is 0 Å². The number of anilines is 1. The summed E-state index contributed by atoms with van der Waals surface area (Å²) in [7, 11) is -3.96. The zero-order valence-electron chi connectivity index (χ0n) is 11.5. The lowest BCUT2D eigenvalue weighted by atomic mass is 9.82. The smallest absolute Gasteiger partial charge is 0.311 e. The predicted molar refractivity (Wildman–Crippen MR) is 75.0 cm³/mol. The van der Waals surface area contributed by atoms with Crippen LogP contribution in [0.1, 0.15) is 19.8 Å². The maximum Gasteiger partial charge on any atom is 0.311 e. The van der Waals surface area contributed by atoms with E-state index in [0.717, 1.165) is 6.07 Å². The number of halogens is 1. The number of carbonyl (C=O) groups is 1. The van der Waals surface area contributed by atoms with Crippen molar-refractivity contribution >= 4 is 21.7 Å². The molecule has 1 aliphatic rings. The number of piperidine rings is 1. The molecule has 2 rings (SSSR count). The summed E-state index contributed by atoms with van der Waals surface area (Å²) in [5.41, 5.74) is -0.752. The van der Waals surface area contributed by atoms with Crippen LogP contribution in [0, 0.1) is 11.2 Å². The number of carboxylic acid groups (broad SMARTS) is 1. The fraction of sp³-hybridized carbons (Fsp3) is 0.462. The monoisotopic (exact) mass is 316 g/mol. The minimum atomic E-state index is -3.96. The highest BCUT2D eigenvalue weighted by Crippen LogP contribution is 2.34. The Morgan fingerprint density at radius 3 is 2.67 bits per heavy atom. The number of primary sulfonamides is 1. The Morgan fingerprint density at radius 1 is 1.48 bits per heavy atom. The van der Waals surface area contributed by atoms with Crippen molar-refractivity contribution in [1.82, 2.24) is 0 Å². The molecule has 1 saturated heterocycles. The van der Waals surface area contributed by atoms with E-state index in [4.69, 9.17) is 5.14 Å². The summed E-state index contributed by atoms with van der Waals surface area (Å²) in [6.45, 7) is 2.32. The van der Waals surface area contributed by atoms with Crippen molar-refractivity contribution in [2.24, 2.45) is 10.6 Å². The molecular weight excluding hydrogens is 299 g/mol. The molecule has 6 nitrogen and oxygen atoms in total. The summed E-state index contributed by atoms with van der Waals surface area (Å²) in [6, 6.07) is 3.40. The van der Waals surface area contributed by atoms with Gasteiger partial charge in [-0.1, -0.05) is 0 Å². The molecule has 1 aromatic rings. The number of hydrogen-bond acceptors (Lipinski definition) is 4. The average molecular weight is 316 g/mol. The van der Waals surface area contributed by atoms with Crippen LogP contribution in [0.4, 0.5) is 10.1 Å². The van der Waals surface area contributed by atoms with Crippen molar-refractivity contribution in [3.05, 3.63) is 24.0 Å². The predicted octanol–water partition coefficient (Wildman–Crippen LogP) is 1.16. The summed E-state index contributed by atoms with van der Waals surface area (Å²) < 4.78 is 36.5. The van der Waals surface area contributed by atoms with Crippen molar-refractivity contribution in [1.29, 1.82) is 0 Å². The SMILES string of the molecule is CC1(C(=O)O)CCCN(c2ccc(S(N)(=O)=O)cc2F)C1. The second kappa shape index (κ2) is 5.27. The largest absolute Gasteiger partial charge is 0.481 e. The molecule has 0 amide bonds. The van der Waals surface area contributed by atoms with Crippen molar-refractivity contribution in [3.63, 3.8) is 0 Å². The Kier molecular flexibility index (Phi) is 3.94. The normalized spacial score (nSPS) is 23.1. The van der Waals surface area contributed by atoms with Crippen LogP contribution < -0.4 is 10.0 Å². The van der Waals surface area contributed by atoms with Crippen LogP contribution >= 0.6 is 0 Å². The summed E-state index contributed by atoms with van der Waals surface area (Å²) >= 11 is 0. The number of benzene rings is 1. The van der Waals surface area contributed by atoms with Crippen LogP contribution in [-0.4, -0.2) is 32.6 Å². The van der Waals surface area contributed by atoms with Gasteiger partial charge in [0.1, 0.15) is 5.82 Å². The maximum absolute atomic E-state index is 14.1. The molecular formula is C13H17FN2O4S. The lowest BCUT2D eigenvalue weighted by Gasteiger charge is -2.39. The Balaban J connectivity index is 2.32. The van der Waals surface area contributed by atoms with Gasteiger partial charge in [0.25, 0.3) is 0 Å². The fourth-order valence-electron chi connectivity index (χ4n) is 2.54. The third kappa shape index (κ3) is 3.16. The molecule has 0 spiro atoms. The first-order chi connectivity index (χ1) is 9.63. The first-order valence-corrected chi connectivity index (χ1v) is 7.99. The molecule has 0 aromatic heterocycles. The average Bonchev–Trinajstić information content (AvgIpc) is 2.37. The van der Waals surface area contributed by atoms with Gasteiger partial charge in [-0.25, -0.2) is 17.9 Å². The van der Waals surface area contributed by atoms with Gasteiger partial charge in [0.05, 0.1) is 16.0 Å². The molecule has 1 aromatic carbocycles. The zero-order valence-corrected chi connectivity index (χ0v) is 12.4. The van der Waals surface area contributed by atoms with Gasteiger partial charge in [-0.2, -0.15) is 0 Å². The molecule has 1 heterocycles. The van der Waals surface area contributed by atoms with Gasteiger partial charge in [-0.05, 0) is 38.0 Å². The molecule has 1 aliphatic heterocycles. The minimum absolute atomic E-state index is 0.175. The lowest BCUT2D eigenvalue weighted by molar-refractivity contribution is -0.148.